The number of hydrogen-bond acceptors (Lipinski definition) is 6. The molecule has 3 atom stereocenters. The lowest BCUT2D eigenvalue weighted by Gasteiger charge is -2.37. The van der Waals surface area contributed by atoms with E-state index in [1.165, 1.54) is 7.11 Å². The van der Waals surface area contributed by atoms with Crippen LogP contribution in [0.2, 0.25) is 0 Å². The van der Waals surface area contributed by atoms with Crippen LogP contribution in [0, 0.1) is 5.92 Å². The van der Waals surface area contributed by atoms with Crippen molar-refractivity contribution in [2.24, 2.45) is 5.92 Å². The summed E-state index contributed by atoms with van der Waals surface area (Å²) in [5.41, 5.74) is 3.27. The molecule has 2 aliphatic rings. The summed E-state index contributed by atoms with van der Waals surface area (Å²) in [6.07, 6.45) is 5.07. The van der Waals surface area contributed by atoms with Crippen LogP contribution in [0.1, 0.15) is 39.9 Å². The van der Waals surface area contributed by atoms with Gasteiger partial charge in [0.15, 0.2) is 0 Å². The van der Waals surface area contributed by atoms with Gasteiger partial charge in [-0.3, -0.25) is 4.72 Å². The lowest BCUT2D eigenvalue weighted by Crippen LogP contribution is -2.29. The molecule has 0 unspecified atom stereocenters. The van der Waals surface area contributed by atoms with Crippen molar-refractivity contribution < 1.29 is 23.1 Å². The SMILES string of the molecule is COc1ccccc1NS(=O)(=O)c1ccc2c(c1)[C@H]1C=CC[C@H]1[C@@H](c1ccc(C(=O)[O-])cc1)N2. The van der Waals surface area contributed by atoms with E-state index in [0.717, 1.165) is 23.2 Å². The summed E-state index contributed by atoms with van der Waals surface area (Å²) in [5, 5.41) is 14.6. The van der Waals surface area contributed by atoms with E-state index < -0.39 is 16.0 Å². The molecule has 0 saturated carbocycles. The van der Waals surface area contributed by atoms with Crippen LogP contribution in [0.3, 0.4) is 0 Å². The quantitative estimate of drug-likeness (QED) is 0.527. The van der Waals surface area contributed by atoms with Crippen molar-refractivity contribution in [2.75, 3.05) is 17.1 Å². The van der Waals surface area contributed by atoms with Crippen LogP contribution in [-0.4, -0.2) is 21.5 Å². The summed E-state index contributed by atoms with van der Waals surface area (Å²) in [6, 6.07) is 18.6. The lowest BCUT2D eigenvalue weighted by molar-refractivity contribution is -0.255. The zero-order valence-electron chi connectivity index (χ0n) is 18.4. The van der Waals surface area contributed by atoms with E-state index in [1.807, 2.05) is 0 Å². The third-order valence-electron chi connectivity index (χ3n) is 6.50. The maximum atomic E-state index is 13.2. The van der Waals surface area contributed by atoms with E-state index >= 15 is 0 Å². The van der Waals surface area contributed by atoms with E-state index in [-0.39, 0.29) is 28.3 Å². The van der Waals surface area contributed by atoms with E-state index in [2.05, 4.69) is 22.2 Å². The molecule has 0 aromatic heterocycles. The number of hydrogen-bond donors (Lipinski definition) is 2. The number of fused-ring (bicyclic) bond motifs is 3. The topological polar surface area (TPSA) is 108 Å². The summed E-state index contributed by atoms with van der Waals surface area (Å²) in [6.45, 7) is 0. The minimum absolute atomic E-state index is 0.0301. The molecule has 0 spiro atoms. The average Bonchev–Trinajstić information content (AvgIpc) is 3.34. The molecule has 3 aromatic carbocycles. The highest BCUT2D eigenvalue weighted by molar-refractivity contribution is 7.92. The Hall–Kier alpha value is -3.78. The second kappa shape index (κ2) is 8.53. The molecule has 7 nitrogen and oxygen atoms in total. The molecule has 0 fully saturated rings. The van der Waals surface area contributed by atoms with Gasteiger partial charge in [-0.25, -0.2) is 8.42 Å². The van der Waals surface area contributed by atoms with Gasteiger partial charge in [-0.2, -0.15) is 0 Å². The second-order valence-corrected chi connectivity index (χ2v) is 10.1. The second-order valence-electron chi connectivity index (χ2n) is 8.44. The van der Waals surface area contributed by atoms with Gasteiger partial charge in [0.25, 0.3) is 10.0 Å². The highest BCUT2D eigenvalue weighted by atomic mass is 32.2. The smallest absolute Gasteiger partial charge is 0.262 e. The minimum atomic E-state index is -3.83. The van der Waals surface area contributed by atoms with E-state index in [9.17, 15) is 18.3 Å². The van der Waals surface area contributed by atoms with Gasteiger partial charge < -0.3 is 20.0 Å². The van der Waals surface area contributed by atoms with Crippen LogP contribution in [0.5, 0.6) is 5.75 Å². The van der Waals surface area contributed by atoms with Crippen LogP contribution >= 0.6 is 0 Å². The number of para-hydroxylation sites is 2. The molecule has 1 aliphatic carbocycles. The van der Waals surface area contributed by atoms with Crippen molar-refractivity contribution >= 4 is 27.4 Å². The first-order valence-corrected chi connectivity index (χ1v) is 12.4. The molecule has 34 heavy (non-hydrogen) atoms. The molecule has 1 heterocycles. The number of ether oxygens (including phenoxy) is 1. The summed E-state index contributed by atoms with van der Waals surface area (Å²) in [7, 11) is -2.34. The molecule has 174 valence electrons. The normalized spacial score (nSPS) is 20.7. The third-order valence-corrected chi connectivity index (χ3v) is 7.86. The molecule has 5 rings (SSSR count). The van der Waals surface area contributed by atoms with Gasteiger partial charge in [0.1, 0.15) is 5.75 Å². The number of sulfonamides is 1. The van der Waals surface area contributed by atoms with Gasteiger partial charge in [0.2, 0.25) is 0 Å². The van der Waals surface area contributed by atoms with Crippen molar-refractivity contribution in [2.45, 2.75) is 23.3 Å². The number of benzene rings is 3. The fourth-order valence-electron chi connectivity index (χ4n) is 4.83. The summed E-state index contributed by atoms with van der Waals surface area (Å²) in [4.78, 5) is 11.3. The van der Waals surface area contributed by atoms with Crippen LogP contribution in [0.4, 0.5) is 11.4 Å². The maximum absolute atomic E-state index is 13.2. The Morgan fingerprint density at radius 1 is 1.09 bits per heavy atom. The van der Waals surface area contributed by atoms with Crippen molar-refractivity contribution in [1.82, 2.24) is 0 Å². The largest absolute Gasteiger partial charge is 0.545 e. The number of rotatable bonds is 6. The number of nitrogens with one attached hydrogen (secondary N) is 2. The van der Waals surface area contributed by atoms with E-state index in [1.54, 1.807) is 66.7 Å². The number of anilines is 2. The first kappa shape index (κ1) is 22.0. The standard InChI is InChI=1S/C26H24N2O5S/c1-33-24-8-3-2-7-23(24)28-34(31,32)18-13-14-22-21(15-18)19-5-4-6-20(19)25(27-22)16-9-11-17(12-10-16)26(29)30/h2-5,7-15,19-20,25,27-28H,6H2,1H3,(H,29,30)/p-1/t19-,20+,25+/m0/s1. The van der Waals surface area contributed by atoms with Gasteiger partial charge in [-0.15, -0.1) is 0 Å². The van der Waals surface area contributed by atoms with Crippen LogP contribution in [-0.2, 0) is 10.0 Å². The predicted molar refractivity (Wildman–Crippen MR) is 127 cm³/mol. The number of aromatic carboxylic acids is 1. The zero-order valence-corrected chi connectivity index (χ0v) is 19.2. The molecule has 1 aliphatic heterocycles. The Balaban J connectivity index is 1.47. The molecule has 0 saturated heterocycles. The molecule has 0 amide bonds. The van der Waals surface area contributed by atoms with Crippen LogP contribution in [0.15, 0.2) is 83.8 Å². The lowest BCUT2D eigenvalue weighted by atomic mass is 9.77. The average molecular weight is 476 g/mol. The highest BCUT2D eigenvalue weighted by Gasteiger charge is 2.38. The Morgan fingerprint density at radius 3 is 2.59 bits per heavy atom. The first-order valence-electron chi connectivity index (χ1n) is 10.9. The van der Waals surface area contributed by atoms with Crippen molar-refractivity contribution in [3.8, 4) is 5.75 Å². The number of carboxylic acids is 1. The molecule has 0 bridgehead atoms. The zero-order chi connectivity index (χ0) is 23.9. The first-order chi connectivity index (χ1) is 16.4. The summed E-state index contributed by atoms with van der Waals surface area (Å²) < 4.78 is 34.2. The van der Waals surface area contributed by atoms with E-state index in [4.69, 9.17) is 4.74 Å². The van der Waals surface area contributed by atoms with Crippen LogP contribution in [0.25, 0.3) is 0 Å². The Kier molecular flexibility index (Phi) is 5.53. The molecule has 2 N–H and O–H groups in total. The van der Waals surface area contributed by atoms with Crippen LogP contribution < -0.4 is 19.9 Å². The predicted octanol–water partition coefficient (Wildman–Crippen LogP) is 3.69. The van der Waals surface area contributed by atoms with Gasteiger partial charge in [0.05, 0.1) is 29.7 Å². The van der Waals surface area contributed by atoms with Gasteiger partial charge in [-0.1, -0.05) is 48.6 Å². The van der Waals surface area contributed by atoms with Gasteiger partial charge >= 0.3 is 0 Å². The number of carboxylic acid groups (broad SMARTS) is 1. The van der Waals surface area contributed by atoms with Gasteiger partial charge in [0, 0.05) is 11.6 Å². The highest BCUT2D eigenvalue weighted by Crippen LogP contribution is 2.50. The van der Waals surface area contributed by atoms with Gasteiger partial charge in [-0.05, 0) is 59.4 Å². The number of carbonyl (C=O) groups excluding carboxylic acids is 1. The summed E-state index contributed by atoms with van der Waals surface area (Å²) in [5.74, 6) is -0.536. The number of carbonyl (C=O) groups is 1. The monoisotopic (exact) mass is 475 g/mol. The Bertz CT molecular complexity index is 1380. The number of allylic oxidation sites excluding steroid dienone is 2. The van der Waals surface area contributed by atoms with Crippen molar-refractivity contribution in [3.63, 3.8) is 0 Å². The Morgan fingerprint density at radius 2 is 1.85 bits per heavy atom. The molecule has 8 heteroatoms. The van der Waals surface area contributed by atoms with Crippen molar-refractivity contribution in [1.29, 1.82) is 0 Å². The van der Waals surface area contributed by atoms with E-state index in [0.29, 0.717) is 11.4 Å². The fraction of sp³-hybridized carbons (Fsp3) is 0.192. The molecular weight excluding hydrogens is 452 g/mol. The third kappa shape index (κ3) is 3.90. The van der Waals surface area contributed by atoms with Crippen molar-refractivity contribution in [3.05, 3.63) is 95.6 Å². The molecule has 3 aromatic rings. The fourth-order valence-corrected chi connectivity index (χ4v) is 5.93. The maximum Gasteiger partial charge on any atom is 0.262 e. The Labute approximate surface area is 198 Å². The molecule has 0 radical (unpaired) electrons. The summed E-state index contributed by atoms with van der Waals surface area (Å²) >= 11 is 0. The molecular formula is C26H23N2O5S-. The number of methoxy groups -OCH3 is 1. The minimum Gasteiger partial charge on any atom is -0.545 e.